The predicted molar refractivity (Wildman–Crippen MR) is 64.4 cm³/mol. The molecule has 4 fully saturated rings. The third kappa shape index (κ3) is 2.38. The second-order valence-electron chi connectivity index (χ2n) is 6.69. The number of hydrogen-bond donors (Lipinski definition) is 0. The van der Waals surface area contributed by atoms with Crippen LogP contribution in [0.3, 0.4) is 0 Å². The van der Waals surface area contributed by atoms with E-state index in [4.69, 9.17) is 14.2 Å². The molecular weight excluding hydrogens is 216 g/mol. The zero-order valence-electron chi connectivity index (χ0n) is 11.0. The molecule has 0 aromatic carbocycles. The van der Waals surface area contributed by atoms with Gasteiger partial charge in [-0.15, -0.1) is 0 Å². The van der Waals surface area contributed by atoms with Gasteiger partial charge in [-0.25, -0.2) is 0 Å². The summed E-state index contributed by atoms with van der Waals surface area (Å²) >= 11 is 0. The molecule has 0 aromatic rings. The van der Waals surface area contributed by atoms with Gasteiger partial charge in [0.15, 0.2) is 0 Å². The maximum absolute atomic E-state index is 5.85. The van der Waals surface area contributed by atoms with Gasteiger partial charge < -0.3 is 14.2 Å². The number of ether oxygens (including phenoxy) is 3. The molecule has 0 radical (unpaired) electrons. The first kappa shape index (κ1) is 11.9. The first-order chi connectivity index (χ1) is 8.09. The lowest BCUT2D eigenvalue weighted by Gasteiger charge is -2.51. The van der Waals surface area contributed by atoms with Crippen molar-refractivity contribution in [3.63, 3.8) is 0 Å². The Morgan fingerprint density at radius 1 is 0.941 bits per heavy atom. The molecule has 1 aliphatic carbocycles. The van der Waals surface area contributed by atoms with E-state index in [1.807, 2.05) is 0 Å². The van der Waals surface area contributed by atoms with Gasteiger partial charge in [-0.1, -0.05) is 26.7 Å². The molecule has 3 heterocycles. The van der Waals surface area contributed by atoms with E-state index in [2.05, 4.69) is 13.8 Å². The number of rotatable bonds is 2. The smallest absolute Gasteiger partial charge is 0.283 e. The second-order valence-corrected chi connectivity index (χ2v) is 6.69. The van der Waals surface area contributed by atoms with E-state index in [-0.39, 0.29) is 5.41 Å². The third-order valence-electron chi connectivity index (χ3n) is 4.60. The summed E-state index contributed by atoms with van der Waals surface area (Å²) in [5.74, 6) is 0.921. The normalized spacial score (nSPS) is 50.5. The van der Waals surface area contributed by atoms with Crippen LogP contribution in [0.4, 0.5) is 0 Å². The van der Waals surface area contributed by atoms with E-state index in [0.717, 1.165) is 32.2 Å². The summed E-state index contributed by atoms with van der Waals surface area (Å²) in [7, 11) is 0. The number of fused-ring (bicyclic) bond motifs is 3. The van der Waals surface area contributed by atoms with Crippen LogP contribution in [-0.4, -0.2) is 25.8 Å². The lowest BCUT2D eigenvalue weighted by molar-refractivity contribution is -0.470. The van der Waals surface area contributed by atoms with Gasteiger partial charge in [0.25, 0.3) is 5.97 Å². The fourth-order valence-electron chi connectivity index (χ4n) is 3.17. The van der Waals surface area contributed by atoms with Crippen molar-refractivity contribution in [3.05, 3.63) is 0 Å². The number of hydrogen-bond acceptors (Lipinski definition) is 3. The van der Waals surface area contributed by atoms with Crippen LogP contribution in [0.2, 0.25) is 0 Å². The van der Waals surface area contributed by atoms with E-state index in [9.17, 15) is 0 Å². The minimum absolute atomic E-state index is 0.0861. The van der Waals surface area contributed by atoms with Gasteiger partial charge in [0, 0.05) is 11.8 Å². The maximum Gasteiger partial charge on any atom is 0.283 e. The predicted octanol–water partition coefficient (Wildman–Crippen LogP) is 2.94. The van der Waals surface area contributed by atoms with Gasteiger partial charge >= 0.3 is 0 Å². The van der Waals surface area contributed by atoms with Crippen molar-refractivity contribution in [2.45, 2.75) is 51.9 Å². The first-order valence-corrected chi connectivity index (χ1v) is 7.01. The Labute approximate surface area is 104 Å². The zero-order chi connectivity index (χ0) is 11.9. The van der Waals surface area contributed by atoms with Crippen molar-refractivity contribution < 1.29 is 14.2 Å². The van der Waals surface area contributed by atoms with Crippen LogP contribution in [0.25, 0.3) is 0 Å². The van der Waals surface area contributed by atoms with Crippen LogP contribution in [0, 0.1) is 17.3 Å². The molecule has 3 nitrogen and oxygen atoms in total. The monoisotopic (exact) mass is 240 g/mol. The Morgan fingerprint density at radius 3 is 2.00 bits per heavy atom. The van der Waals surface area contributed by atoms with Crippen LogP contribution < -0.4 is 0 Å². The molecular formula is C14H24O3. The summed E-state index contributed by atoms with van der Waals surface area (Å²) in [5.41, 5.74) is 0.0861. The van der Waals surface area contributed by atoms with E-state index in [0.29, 0.717) is 5.92 Å². The van der Waals surface area contributed by atoms with Gasteiger partial charge in [-0.3, -0.25) is 0 Å². The maximum atomic E-state index is 5.85. The fraction of sp³-hybridized carbons (Fsp3) is 1.00. The molecule has 17 heavy (non-hydrogen) atoms. The Hall–Kier alpha value is -0.120. The lowest BCUT2D eigenvalue weighted by atomic mass is 9.80. The molecule has 2 bridgehead atoms. The summed E-state index contributed by atoms with van der Waals surface area (Å²) in [6.45, 7) is 6.88. The minimum atomic E-state index is -0.691. The van der Waals surface area contributed by atoms with Crippen LogP contribution in [-0.2, 0) is 14.2 Å². The summed E-state index contributed by atoms with van der Waals surface area (Å²) in [6, 6.07) is 0. The van der Waals surface area contributed by atoms with Crippen molar-refractivity contribution in [2.75, 3.05) is 19.8 Å². The first-order valence-electron chi connectivity index (χ1n) is 7.01. The molecule has 4 aliphatic rings. The van der Waals surface area contributed by atoms with Gasteiger partial charge in [0.05, 0.1) is 19.8 Å². The topological polar surface area (TPSA) is 27.7 Å². The zero-order valence-corrected chi connectivity index (χ0v) is 11.0. The van der Waals surface area contributed by atoms with E-state index >= 15 is 0 Å². The highest BCUT2D eigenvalue weighted by Crippen LogP contribution is 2.43. The molecule has 0 spiro atoms. The van der Waals surface area contributed by atoms with Crippen molar-refractivity contribution in [1.29, 1.82) is 0 Å². The Balaban J connectivity index is 1.58. The third-order valence-corrected chi connectivity index (χ3v) is 4.60. The summed E-state index contributed by atoms with van der Waals surface area (Å²) in [4.78, 5) is 0. The Kier molecular flexibility index (Phi) is 2.96. The molecule has 0 aromatic heterocycles. The molecule has 3 aliphatic heterocycles. The quantitative estimate of drug-likeness (QED) is 0.742. The van der Waals surface area contributed by atoms with Crippen molar-refractivity contribution >= 4 is 0 Å². The molecule has 3 heteroatoms. The molecule has 0 atom stereocenters. The summed E-state index contributed by atoms with van der Waals surface area (Å²) < 4.78 is 17.6. The summed E-state index contributed by atoms with van der Waals surface area (Å²) in [6.07, 6.45) is 6.22. The minimum Gasteiger partial charge on any atom is -0.327 e. The SMILES string of the molecule is CC1CCC(CC23OCC(C)(CO2)CO3)CC1. The molecule has 0 N–H and O–H groups in total. The van der Waals surface area contributed by atoms with Crippen LogP contribution in [0.15, 0.2) is 0 Å². The van der Waals surface area contributed by atoms with Crippen molar-refractivity contribution in [1.82, 2.24) is 0 Å². The molecule has 0 unspecified atom stereocenters. The average molecular weight is 240 g/mol. The molecule has 98 valence electrons. The van der Waals surface area contributed by atoms with Crippen molar-refractivity contribution in [2.24, 2.45) is 17.3 Å². The highest BCUT2D eigenvalue weighted by Gasteiger charge is 2.51. The van der Waals surface area contributed by atoms with Gasteiger partial charge in [-0.2, -0.15) is 0 Å². The van der Waals surface area contributed by atoms with Crippen LogP contribution in [0.5, 0.6) is 0 Å². The standard InChI is InChI=1S/C14H24O3/c1-11-3-5-12(6-4-11)7-14-15-8-13(2,9-16-14)10-17-14/h11-12H,3-10H2,1-2H3. The fourth-order valence-corrected chi connectivity index (χ4v) is 3.17. The van der Waals surface area contributed by atoms with Gasteiger partial charge in [0.1, 0.15) is 0 Å². The van der Waals surface area contributed by atoms with Crippen molar-refractivity contribution in [3.8, 4) is 0 Å². The van der Waals surface area contributed by atoms with Gasteiger partial charge in [0.2, 0.25) is 0 Å². The van der Waals surface area contributed by atoms with Crippen LogP contribution in [0.1, 0.15) is 46.0 Å². The second kappa shape index (κ2) is 4.22. The van der Waals surface area contributed by atoms with Gasteiger partial charge in [-0.05, 0) is 24.7 Å². The van der Waals surface area contributed by atoms with Crippen LogP contribution >= 0.6 is 0 Å². The van der Waals surface area contributed by atoms with E-state index in [1.54, 1.807) is 0 Å². The Morgan fingerprint density at radius 2 is 1.47 bits per heavy atom. The highest BCUT2D eigenvalue weighted by atomic mass is 16.9. The molecule has 3 saturated heterocycles. The largest absolute Gasteiger partial charge is 0.327 e. The van der Waals surface area contributed by atoms with E-state index < -0.39 is 5.97 Å². The molecule has 0 amide bonds. The lowest BCUT2D eigenvalue weighted by Crippen LogP contribution is -2.59. The highest BCUT2D eigenvalue weighted by molar-refractivity contribution is 4.86. The molecule has 1 saturated carbocycles. The average Bonchev–Trinajstić information content (AvgIpc) is 2.35. The van der Waals surface area contributed by atoms with E-state index in [1.165, 1.54) is 25.7 Å². The molecule has 4 rings (SSSR count). The summed E-state index contributed by atoms with van der Waals surface area (Å²) in [5, 5.41) is 0. The Bertz CT molecular complexity index is 257.